The molecule has 5 rings (SSSR count). The van der Waals surface area contributed by atoms with Gasteiger partial charge in [0.15, 0.2) is 11.5 Å². The fourth-order valence-corrected chi connectivity index (χ4v) is 7.19. The van der Waals surface area contributed by atoms with E-state index in [2.05, 4.69) is 15.5 Å². The second-order valence-electron chi connectivity index (χ2n) is 11.3. The predicted molar refractivity (Wildman–Crippen MR) is 143 cm³/mol. The van der Waals surface area contributed by atoms with Gasteiger partial charge < -0.3 is 25.0 Å². The van der Waals surface area contributed by atoms with Gasteiger partial charge in [0.25, 0.3) is 11.7 Å². The van der Waals surface area contributed by atoms with Gasteiger partial charge in [-0.3, -0.25) is 9.59 Å². The molecule has 4 unspecified atom stereocenters. The number of fused-ring (bicyclic) bond motifs is 1. The first-order valence-electron chi connectivity index (χ1n) is 13.3. The van der Waals surface area contributed by atoms with Crippen LogP contribution in [0.5, 0.6) is 11.5 Å². The van der Waals surface area contributed by atoms with Crippen molar-refractivity contribution in [2.45, 2.75) is 75.6 Å². The Morgan fingerprint density at radius 1 is 1.30 bits per heavy atom. The highest BCUT2D eigenvalue weighted by molar-refractivity contribution is 7.99. The highest BCUT2D eigenvalue weighted by Crippen LogP contribution is 2.51. The van der Waals surface area contributed by atoms with E-state index in [1.54, 1.807) is 17.8 Å². The summed E-state index contributed by atoms with van der Waals surface area (Å²) in [5.41, 5.74) is 0.0912. The number of carbonyl (C=O) groups is 2. The van der Waals surface area contributed by atoms with Crippen LogP contribution in [-0.4, -0.2) is 71.9 Å². The molecule has 10 heteroatoms. The molecule has 3 fully saturated rings. The number of ether oxygens (including phenoxy) is 2. The van der Waals surface area contributed by atoms with Crippen LogP contribution in [0, 0.1) is 18.8 Å². The molecule has 2 amide bonds. The van der Waals surface area contributed by atoms with Gasteiger partial charge in [-0.25, -0.2) is 4.39 Å². The van der Waals surface area contributed by atoms with Crippen molar-refractivity contribution in [3.8, 4) is 11.5 Å². The number of benzene rings is 1. The summed E-state index contributed by atoms with van der Waals surface area (Å²) in [7, 11) is 0. The van der Waals surface area contributed by atoms with Crippen LogP contribution >= 0.6 is 23.4 Å². The first-order chi connectivity index (χ1) is 17.5. The van der Waals surface area contributed by atoms with E-state index in [9.17, 15) is 14.0 Å². The predicted octanol–water partition coefficient (Wildman–Crippen LogP) is 4.34. The number of carbonyl (C=O) groups excluding carboxylic acids is 2. The number of rotatable bonds is 7. The van der Waals surface area contributed by atoms with Gasteiger partial charge in [-0.2, -0.15) is 11.8 Å². The summed E-state index contributed by atoms with van der Waals surface area (Å²) >= 11 is 8.25. The highest BCUT2D eigenvalue weighted by Gasteiger charge is 2.49. The van der Waals surface area contributed by atoms with Crippen molar-refractivity contribution in [1.82, 2.24) is 15.5 Å². The molecule has 0 radical (unpaired) electrons. The minimum atomic E-state index is -0.982. The zero-order valence-corrected chi connectivity index (χ0v) is 23.6. The summed E-state index contributed by atoms with van der Waals surface area (Å²) < 4.78 is 26.9. The minimum Gasteiger partial charge on any atom is -0.448 e. The van der Waals surface area contributed by atoms with E-state index in [4.69, 9.17) is 21.1 Å². The van der Waals surface area contributed by atoms with E-state index in [-0.39, 0.29) is 41.5 Å². The highest BCUT2D eigenvalue weighted by atomic mass is 35.5. The van der Waals surface area contributed by atoms with Gasteiger partial charge in [0.2, 0.25) is 5.91 Å². The third-order valence-electron chi connectivity index (χ3n) is 8.47. The maximum atomic E-state index is 14.2. The second kappa shape index (κ2) is 10.1. The van der Waals surface area contributed by atoms with Crippen LogP contribution in [0.2, 0.25) is 5.02 Å². The maximum Gasteiger partial charge on any atom is 0.251 e. The van der Waals surface area contributed by atoms with E-state index in [1.165, 1.54) is 0 Å². The molecule has 0 spiro atoms. The molecule has 4 atom stereocenters. The van der Waals surface area contributed by atoms with Crippen molar-refractivity contribution in [2.24, 2.45) is 11.8 Å². The van der Waals surface area contributed by atoms with Gasteiger partial charge in [-0.1, -0.05) is 11.6 Å². The molecule has 1 aliphatic carbocycles. The van der Waals surface area contributed by atoms with E-state index in [1.807, 2.05) is 27.0 Å². The Hall–Kier alpha value is -1.71. The van der Waals surface area contributed by atoms with Crippen LogP contribution < -0.4 is 20.1 Å². The van der Waals surface area contributed by atoms with Gasteiger partial charge in [0.1, 0.15) is 5.67 Å². The van der Waals surface area contributed by atoms with E-state index >= 15 is 0 Å². The molecule has 3 aliphatic heterocycles. The van der Waals surface area contributed by atoms with Gasteiger partial charge in [-0.05, 0) is 71.4 Å². The Kier molecular flexibility index (Phi) is 7.35. The molecule has 0 bridgehead atoms. The molecule has 4 aliphatic rings. The number of hydrogen-bond donors (Lipinski definition) is 2. The van der Waals surface area contributed by atoms with Crippen LogP contribution in [0.4, 0.5) is 4.39 Å². The number of likely N-dealkylation sites (tertiary alicyclic amines) is 1. The minimum absolute atomic E-state index is 0.0283. The Balaban J connectivity index is 1.25. The summed E-state index contributed by atoms with van der Waals surface area (Å²) in [6.45, 7) is 8.13. The lowest BCUT2D eigenvalue weighted by Crippen LogP contribution is -2.52. The number of hydrogen-bond acceptors (Lipinski definition) is 6. The molecule has 37 heavy (non-hydrogen) atoms. The summed E-state index contributed by atoms with van der Waals surface area (Å²) in [5, 5.41) is 6.41. The summed E-state index contributed by atoms with van der Waals surface area (Å²) in [5.74, 6) is -0.430. The SMILES string of the molecule is CSC1CC(C)NC(=O)C1CNC(=O)c1cc(Cl)c2c(c1C)OC(C)(C1CCN(CC3(F)CC3)CC1)O2. The number of nitrogens with zero attached hydrogens (tertiary/aromatic N) is 1. The van der Waals surface area contributed by atoms with Gasteiger partial charge >= 0.3 is 0 Å². The van der Waals surface area contributed by atoms with Gasteiger partial charge in [0.05, 0.1) is 10.9 Å². The van der Waals surface area contributed by atoms with Crippen LogP contribution in [0.1, 0.15) is 61.9 Å². The number of piperidine rings is 2. The second-order valence-corrected chi connectivity index (χ2v) is 12.8. The number of nitrogens with one attached hydrogen (secondary N) is 2. The topological polar surface area (TPSA) is 79.9 Å². The van der Waals surface area contributed by atoms with E-state index in [0.29, 0.717) is 47.0 Å². The lowest BCUT2D eigenvalue weighted by atomic mass is 9.89. The van der Waals surface area contributed by atoms with Crippen molar-refractivity contribution >= 4 is 35.2 Å². The first-order valence-corrected chi connectivity index (χ1v) is 14.9. The Bertz CT molecular complexity index is 1080. The smallest absolute Gasteiger partial charge is 0.251 e. The largest absolute Gasteiger partial charge is 0.448 e. The standard InChI is InChI=1S/C27H37ClFN3O4S/c1-15-11-21(37-4)19(25(34)31-15)13-30-24(33)18-12-20(28)23-22(16(18)2)35-26(3,36-23)17-5-9-32(10-6-17)14-27(29)7-8-27/h12,15,17,19,21H,5-11,13-14H2,1-4H3,(H,30,33)(H,31,34). The Morgan fingerprint density at radius 2 is 1.97 bits per heavy atom. The fraction of sp³-hybridized carbons (Fsp3) is 0.704. The summed E-state index contributed by atoms with van der Waals surface area (Å²) in [6, 6.07) is 1.75. The fourth-order valence-electron chi connectivity index (χ4n) is 5.93. The molecule has 1 aromatic carbocycles. The third kappa shape index (κ3) is 5.41. The molecule has 7 nitrogen and oxygen atoms in total. The van der Waals surface area contributed by atoms with Crippen LogP contribution in [0.25, 0.3) is 0 Å². The molecular weight excluding hydrogens is 517 g/mol. The first kappa shape index (κ1) is 26.9. The van der Waals surface area contributed by atoms with Crippen LogP contribution in [0.15, 0.2) is 6.07 Å². The molecular formula is C27H37ClFN3O4S. The Morgan fingerprint density at radius 3 is 2.62 bits per heavy atom. The van der Waals surface area contributed by atoms with Crippen molar-refractivity contribution in [2.75, 3.05) is 32.4 Å². The molecule has 3 heterocycles. The van der Waals surface area contributed by atoms with E-state index in [0.717, 1.165) is 32.4 Å². The maximum absolute atomic E-state index is 14.2. The normalized spacial score (nSPS) is 31.2. The molecule has 0 aromatic heterocycles. The quantitative estimate of drug-likeness (QED) is 0.523. The molecule has 204 valence electrons. The zero-order valence-electron chi connectivity index (χ0n) is 22.0. The molecule has 2 saturated heterocycles. The number of alkyl halides is 1. The molecule has 1 aromatic rings. The monoisotopic (exact) mass is 553 g/mol. The van der Waals surface area contributed by atoms with Crippen molar-refractivity contribution in [3.63, 3.8) is 0 Å². The zero-order chi connectivity index (χ0) is 26.5. The average Bonchev–Trinajstić information content (AvgIpc) is 3.45. The number of halogens is 2. The van der Waals surface area contributed by atoms with Crippen LogP contribution in [0.3, 0.4) is 0 Å². The summed E-state index contributed by atoms with van der Waals surface area (Å²) in [4.78, 5) is 28.0. The molecule has 1 saturated carbocycles. The van der Waals surface area contributed by atoms with Crippen molar-refractivity contribution in [3.05, 3.63) is 22.2 Å². The average molecular weight is 554 g/mol. The lowest BCUT2D eigenvalue weighted by molar-refractivity contribution is -0.127. The van der Waals surface area contributed by atoms with Crippen LogP contribution in [-0.2, 0) is 4.79 Å². The van der Waals surface area contributed by atoms with Gasteiger partial charge in [-0.15, -0.1) is 0 Å². The van der Waals surface area contributed by atoms with Crippen molar-refractivity contribution in [1.29, 1.82) is 0 Å². The number of amides is 2. The third-order valence-corrected chi connectivity index (χ3v) is 9.87. The Labute approximate surface area is 227 Å². The number of thioether (sulfide) groups is 1. The van der Waals surface area contributed by atoms with Crippen molar-refractivity contribution < 1.29 is 23.5 Å². The summed E-state index contributed by atoms with van der Waals surface area (Å²) in [6.07, 6.45) is 5.88. The molecule has 2 N–H and O–H groups in total. The lowest BCUT2D eigenvalue weighted by Gasteiger charge is -2.39. The van der Waals surface area contributed by atoms with Gasteiger partial charge in [0, 0.05) is 48.3 Å². The van der Waals surface area contributed by atoms with E-state index < -0.39 is 11.5 Å².